The van der Waals surface area contributed by atoms with Gasteiger partial charge in [0.25, 0.3) is 5.56 Å². The summed E-state index contributed by atoms with van der Waals surface area (Å²) in [6.45, 7) is 1.12. The zero-order valence-corrected chi connectivity index (χ0v) is 11.6. The number of nitrogens with one attached hydrogen (secondary N) is 1. The van der Waals surface area contributed by atoms with Gasteiger partial charge in [0.1, 0.15) is 6.23 Å². The second kappa shape index (κ2) is 5.98. The predicted molar refractivity (Wildman–Crippen MR) is 69.6 cm³/mol. The molecule has 20 heavy (non-hydrogen) atoms. The maximum absolute atomic E-state index is 12.5. The topological polar surface area (TPSA) is 101 Å². The molecule has 0 amide bonds. The van der Waals surface area contributed by atoms with E-state index in [4.69, 9.17) is 4.74 Å². The zero-order valence-electron chi connectivity index (χ0n) is 10.7. The van der Waals surface area contributed by atoms with E-state index in [-0.39, 0.29) is 6.42 Å². The summed E-state index contributed by atoms with van der Waals surface area (Å²) < 4.78 is 30.7. The van der Waals surface area contributed by atoms with Gasteiger partial charge in [-0.3, -0.25) is 18.6 Å². The molecule has 0 saturated carbocycles. The largest absolute Gasteiger partial charge is 0.394 e. The van der Waals surface area contributed by atoms with Gasteiger partial charge in [0, 0.05) is 18.2 Å². The highest BCUT2D eigenvalue weighted by Gasteiger charge is 2.39. The second-order valence-electron chi connectivity index (χ2n) is 4.55. The molecular formula is C11H15FN2O5S. The minimum Gasteiger partial charge on any atom is -0.394 e. The molecule has 1 aromatic heterocycles. The number of aliphatic hydroxyl groups is 1. The van der Waals surface area contributed by atoms with Crippen LogP contribution in [0.5, 0.6) is 0 Å². The number of halogens is 1. The van der Waals surface area contributed by atoms with Crippen LogP contribution in [0.3, 0.4) is 0 Å². The average molecular weight is 306 g/mol. The summed E-state index contributed by atoms with van der Waals surface area (Å²) in [5, 5.41) is 8.50. The molecule has 2 rings (SSSR count). The Morgan fingerprint density at radius 1 is 1.60 bits per heavy atom. The lowest BCUT2D eigenvalue weighted by molar-refractivity contribution is -0.0240. The maximum Gasteiger partial charge on any atom is 0.330 e. The Hall–Kier alpha value is -1.32. The van der Waals surface area contributed by atoms with Crippen LogP contribution in [-0.4, -0.2) is 42.8 Å². The number of alkyl halides is 1. The molecule has 0 radical (unpaired) electrons. The van der Waals surface area contributed by atoms with E-state index in [1.165, 1.54) is 13.1 Å². The van der Waals surface area contributed by atoms with Gasteiger partial charge in [0.05, 0.1) is 28.8 Å². The molecule has 1 aromatic rings. The molecule has 0 aliphatic carbocycles. The van der Waals surface area contributed by atoms with Crippen LogP contribution in [0.1, 0.15) is 18.2 Å². The Balaban J connectivity index is 2.32. The number of hydrogen-bond acceptors (Lipinski definition) is 5. The molecule has 0 unspecified atom stereocenters. The average Bonchev–Trinajstić information content (AvgIpc) is 2.85. The third-order valence-corrected chi connectivity index (χ3v) is 4.65. The van der Waals surface area contributed by atoms with Crippen molar-refractivity contribution in [1.82, 2.24) is 9.55 Å². The number of rotatable bonds is 4. The lowest BCUT2D eigenvalue weighted by Crippen LogP contribution is -2.33. The van der Waals surface area contributed by atoms with E-state index in [1.807, 2.05) is 0 Å². The van der Waals surface area contributed by atoms with Crippen molar-refractivity contribution in [1.29, 1.82) is 0 Å². The molecule has 112 valence electrons. The molecule has 2 heterocycles. The van der Waals surface area contributed by atoms with Crippen molar-refractivity contribution in [2.45, 2.75) is 30.9 Å². The van der Waals surface area contributed by atoms with E-state index in [2.05, 4.69) is 4.98 Å². The molecule has 0 spiro atoms. The highest BCUT2D eigenvalue weighted by atomic mass is 32.2. The van der Waals surface area contributed by atoms with Crippen LogP contribution in [-0.2, 0) is 15.5 Å². The maximum atomic E-state index is 12.5. The minimum absolute atomic E-state index is 0.132. The fourth-order valence-corrected chi connectivity index (χ4v) is 3.22. The van der Waals surface area contributed by atoms with Gasteiger partial charge in [-0.05, 0) is 6.92 Å². The van der Waals surface area contributed by atoms with Crippen LogP contribution >= 0.6 is 0 Å². The minimum atomic E-state index is -1.78. The smallest absolute Gasteiger partial charge is 0.330 e. The molecule has 1 aliphatic heterocycles. The number of aryl methyl sites for hydroxylation is 1. The van der Waals surface area contributed by atoms with E-state index in [1.54, 1.807) is 0 Å². The first-order chi connectivity index (χ1) is 9.47. The standard InChI is InChI=1S/C11H15FN2O5S/c1-6-3-14(11(17)13-10(6)16)9-2-8(20(18)5-12)7(4-15)19-9/h3,7-9,15H,2,4-5H2,1H3,(H,13,16,17)/t7-,8+,9-,20+/m1/s1. The Morgan fingerprint density at radius 2 is 2.30 bits per heavy atom. The lowest BCUT2D eigenvalue weighted by atomic mass is 10.2. The molecule has 0 aromatic carbocycles. The Kier molecular flexibility index (Phi) is 4.51. The Labute approximate surface area is 115 Å². The van der Waals surface area contributed by atoms with Crippen molar-refractivity contribution >= 4 is 10.8 Å². The Morgan fingerprint density at radius 3 is 2.90 bits per heavy atom. The first-order valence-electron chi connectivity index (χ1n) is 5.99. The highest BCUT2D eigenvalue weighted by molar-refractivity contribution is 7.85. The van der Waals surface area contributed by atoms with Crippen molar-refractivity contribution in [3.8, 4) is 0 Å². The number of H-pyrrole nitrogens is 1. The summed E-state index contributed by atoms with van der Waals surface area (Å²) >= 11 is 0. The summed E-state index contributed by atoms with van der Waals surface area (Å²) in [6.07, 6.45) is -0.111. The zero-order chi connectivity index (χ0) is 14.9. The molecular weight excluding hydrogens is 291 g/mol. The number of ether oxygens (including phenoxy) is 1. The van der Waals surface area contributed by atoms with Crippen LogP contribution in [0.15, 0.2) is 15.8 Å². The van der Waals surface area contributed by atoms with Gasteiger partial charge < -0.3 is 9.84 Å². The first-order valence-corrected chi connectivity index (χ1v) is 7.37. The van der Waals surface area contributed by atoms with Crippen molar-refractivity contribution < 1.29 is 18.4 Å². The Bertz CT molecular complexity index is 628. The predicted octanol–water partition coefficient (Wildman–Crippen LogP) is -0.831. The van der Waals surface area contributed by atoms with Gasteiger partial charge in [-0.15, -0.1) is 0 Å². The highest BCUT2D eigenvalue weighted by Crippen LogP contribution is 2.31. The number of aliphatic hydroxyl groups excluding tert-OH is 1. The summed E-state index contributed by atoms with van der Waals surface area (Å²) in [6, 6.07) is -1.03. The molecule has 0 bridgehead atoms. The number of aromatic nitrogens is 2. The van der Waals surface area contributed by atoms with Gasteiger partial charge in [0.2, 0.25) is 0 Å². The summed E-state index contributed by atoms with van der Waals surface area (Å²) in [4.78, 5) is 25.2. The van der Waals surface area contributed by atoms with Crippen LogP contribution in [0, 0.1) is 6.92 Å². The molecule has 9 heteroatoms. The lowest BCUT2D eigenvalue weighted by Gasteiger charge is -2.15. The quantitative estimate of drug-likeness (QED) is 0.756. The number of hydrogen-bond donors (Lipinski definition) is 2. The summed E-state index contributed by atoms with van der Waals surface area (Å²) in [5.74, 6) is 0. The van der Waals surface area contributed by atoms with Gasteiger partial charge in [-0.2, -0.15) is 0 Å². The van der Waals surface area contributed by atoms with Crippen LogP contribution in [0.25, 0.3) is 0 Å². The molecule has 1 aliphatic rings. The SMILES string of the molecule is Cc1cn([C@H]2C[C@H]([S@@](=O)CF)[C@@H](CO)O2)c(=O)[nH]c1=O. The molecule has 1 saturated heterocycles. The third kappa shape index (κ3) is 2.74. The molecule has 7 nitrogen and oxygen atoms in total. The summed E-state index contributed by atoms with van der Waals surface area (Å²) in [7, 11) is -1.78. The van der Waals surface area contributed by atoms with Crippen molar-refractivity contribution in [2.24, 2.45) is 0 Å². The first kappa shape index (κ1) is 15.1. The van der Waals surface area contributed by atoms with Crippen LogP contribution in [0.4, 0.5) is 4.39 Å². The van der Waals surface area contributed by atoms with E-state index < -0.39 is 52.2 Å². The van der Waals surface area contributed by atoms with E-state index in [0.717, 1.165) is 4.57 Å². The van der Waals surface area contributed by atoms with Crippen molar-refractivity contribution in [3.63, 3.8) is 0 Å². The second-order valence-corrected chi connectivity index (χ2v) is 6.14. The third-order valence-electron chi connectivity index (χ3n) is 3.26. The van der Waals surface area contributed by atoms with Crippen LogP contribution < -0.4 is 11.2 Å². The fourth-order valence-electron chi connectivity index (χ4n) is 2.19. The van der Waals surface area contributed by atoms with Gasteiger partial charge in [-0.25, -0.2) is 9.18 Å². The van der Waals surface area contributed by atoms with Crippen LogP contribution in [0.2, 0.25) is 0 Å². The number of aromatic amines is 1. The normalized spacial score (nSPS) is 27.6. The monoisotopic (exact) mass is 306 g/mol. The van der Waals surface area contributed by atoms with Gasteiger partial charge in [-0.1, -0.05) is 0 Å². The van der Waals surface area contributed by atoms with E-state index in [9.17, 15) is 23.3 Å². The van der Waals surface area contributed by atoms with E-state index >= 15 is 0 Å². The van der Waals surface area contributed by atoms with Crippen molar-refractivity contribution in [3.05, 3.63) is 32.6 Å². The molecule has 2 N–H and O–H groups in total. The molecule has 4 atom stereocenters. The number of nitrogens with zero attached hydrogens (tertiary/aromatic N) is 1. The summed E-state index contributed by atoms with van der Waals surface area (Å²) in [5.41, 5.74) is -0.829. The van der Waals surface area contributed by atoms with Gasteiger partial charge >= 0.3 is 5.69 Å². The molecule has 1 fully saturated rings. The fraction of sp³-hybridized carbons (Fsp3) is 0.636. The van der Waals surface area contributed by atoms with Crippen molar-refractivity contribution in [2.75, 3.05) is 12.6 Å². The van der Waals surface area contributed by atoms with Gasteiger partial charge in [0.15, 0.2) is 6.01 Å². The van der Waals surface area contributed by atoms with E-state index in [0.29, 0.717) is 5.56 Å².